The predicted octanol–water partition coefficient (Wildman–Crippen LogP) is 2.12. The van der Waals surface area contributed by atoms with E-state index in [1.807, 2.05) is 0 Å². The first-order valence-electron chi connectivity index (χ1n) is 4.08. The first-order chi connectivity index (χ1) is 6.20. The van der Waals surface area contributed by atoms with Crippen molar-refractivity contribution in [2.24, 2.45) is 0 Å². The van der Waals surface area contributed by atoms with Crippen molar-refractivity contribution in [1.82, 2.24) is 0 Å². The highest BCUT2D eigenvalue weighted by molar-refractivity contribution is 5.44. The number of carbonyl (C=O) groups is 1. The Morgan fingerprint density at radius 2 is 1.15 bits per heavy atom. The summed E-state index contributed by atoms with van der Waals surface area (Å²) in [4.78, 5) is 8.81. The molecular weight excluding hydrogens is 164 g/mol. The van der Waals surface area contributed by atoms with Gasteiger partial charge in [0.15, 0.2) is 0 Å². The standard InChI is InChI=1S/C8H10.C2H4O.CH4O/c1-7-3-5-8(2)6-4-7;1-2-3;1-2/h3-6H,1-2H3;2H,1H3;2H,1H3. The first kappa shape index (κ1) is 14.4. The van der Waals surface area contributed by atoms with Crippen molar-refractivity contribution in [2.75, 3.05) is 7.11 Å². The normalized spacial score (nSPS) is 7.15. The Labute approximate surface area is 80.2 Å². The van der Waals surface area contributed by atoms with Crippen molar-refractivity contribution in [3.8, 4) is 0 Å². The highest BCUT2D eigenvalue weighted by Gasteiger charge is 1.79. The largest absolute Gasteiger partial charge is 0.400 e. The number of aryl methyl sites for hydroxylation is 2. The van der Waals surface area contributed by atoms with E-state index < -0.39 is 0 Å². The fourth-order valence-corrected chi connectivity index (χ4v) is 0.637. The minimum atomic E-state index is 0.750. The molecule has 1 N–H and O–H groups in total. The van der Waals surface area contributed by atoms with Gasteiger partial charge in [0.25, 0.3) is 0 Å². The lowest BCUT2D eigenvalue weighted by molar-refractivity contribution is -0.106. The fourth-order valence-electron chi connectivity index (χ4n) is 0.637. The van der Waals surface area contributed by atoms with Crippen molar-refractivity contribution in [3.05, 3.63) is 35.4 Å². The van der Waals surface area contributed by atoms with Crippen LogP contribution >= 0.6 is 0 Å². The Balaban J connectivity index is 0. The van der Waals surface area contributed by atoms with E-state index in [0.717, 1.165) is 13.4 Å². The van der Waals surface area contributed by atoms with Crippen LogP contribution in [0.1, 0.15) is 18.1 Å². The molecule has 0 unspecified atom stereocenters. The smallest absolute Gasteiger partial charge is 0.116 e. The van der Waals surface area contributed by atoms with Crippen LogP contribution in [0.15, 0.2) is 24.3 Å². The molecule has 13 heavy (non-hydrogen) atoms. The molecule has 0 fully saturated rings. The molecule has 0 aliphatic rings. The van der Waals surface area contributed by atoms with Gasteiger partial charge in [0.1, 0.15) is 6.29 Å². The molecule has 0 saturated heterocycles. The first-order valence-corrected chi connectivity index (χ1v) is 4.08. The summed E-state index contributed by atoms with van der Waals surface area (Å²) in [6.45, 7) is 5.64. The number of hydrogen-bond donors (Lipinski definition) is 1. The summed E-state index contributed by atoms with van der Waals surface area (Å²) in [6, 6.07) is 8.48. The lowest BCUT2D eigenvalue weighted by Gasteiger charge is -1.90. The molecule has 0 radical (unpaired) electrons. The van der Waals surface area contributed by atoms with Crippen LogP contribution in [0.2, 0.25) is 0 Å². The van der Waals surface area contributed by atoms with Crippen LogP contribution in [0.4, 0.5) is 0 Å². The summed E-state index contributed by atoms with van der Waals surface area (Å²) in [5.41, 5.74) is 2.66. The molecule has 74 valence electrons. The van der Waals surface area contributed by atoms with Gasteiger partial charge in [-0.3, -0.25) is 0 Å². The molecule has 0 aliphatic carbocycles. The van der Waals surface area contributed by atoms with Crippen LogP contribution in [0.5, 0.6) is 0 Å². The van der Waals surface area contributed by atoms with Crippen LogP contribution in [0, 0.1) is 13.8 Å². The summed E-state index contributed by atoms with van der Waals surface area (Å²) in [7, 11) is 1.00. The second kappa shape index (κ2) is 10.8. The van der Waals surface area contributed by atoms with E-state index in [1.165, 1.54) is 18.1 Å². The number of rotatable bonds is 0. The van der Waals surface area contributed by atoms with E-state index in [-0.39, 0.29) is 0 Å². The maximum absolute atomic E-state index is 8.81. The van der Waals surface area contributed by atoms with Gasteiger partial charge in [-0.1, -0.05) is 35.4 Å². The van der Waals surface area contributed by atoms with Crippen molar-refractivity contribution in [2.45, 2.75) is 20.8 Å². The molecule has 0 spiro atoms. The SMILES string of the molecule is CC=O.CO.Cc1ccc(C)cc1. The molecule has 0 saturated carbocycles. The highest BCUT2D eigenvalue weighted by atomic mass is 16.2. The van der Waals surface area contributed by atoms with Crippen molar-refractivity contribution < 1.29 is 9.90 Å². The summed E-state index contributed by atoms with van der Waals surface area (Å²) in [5, 5.41) is 7.00. The molecule has 1 aromatic rings. The number of carbonyl (C=O) groups excluding carboxylic acids is 1. The Morgan fingerprint density at radius 3 is 1.31 bits per heavy atom. The Kier molecular flexibility index (Phi) is 12.0. The minimum absolute atomic E-state index is 0.750. The topological polar surface area (TPSA) is 37.3 Å². The molecule has 0 atom stereocenters. The molecule has 0 aromatic heterocycles. The van der Waals surface area contributed by atoms with Gasteiger partial charge in [-0.05, 0) is 20.8 Å². The van der Waals surface area contributed by atoms with E-state index >= 15 is 0 Å². The lowest BCUT2D eigenvalue weighted by Crippen LogP contribution is -1.70. The van der Waals surface area contributed by atoms with E-state index in [1.54, 1.807) is 0 Å². The number of aliphatic hydroxyl groups excluding tert-OH is 1. The predicted molar refractivity (Wildman–Crippen MR) is 55.8 cm³/mol. The third kappa shape index (κ3) is 10.8. The third-order valence-corrected chi connectivity index (χ3v) is 1.22. The monoisotopic (exact) mass is 182 g/mol. The molecular formula is C11H18O2. The van der Waals surface area contributed by atoms with Gasteiger partial charge in [0.2, 0.25) is 0 Å². The number of benzene rings is 1. The summed E-state index contributed by atoms with van der Waals surface area (Å²) in [6.07, 6.45) is 0.750. The van der Waals surface area contributed by atoms with Gasteiger partial charge in [-0.15, -0.1) is 0 Å². The van der Waals surface area contributed by atoms with Gasteiger partial charge in [-0.2, -0.15) is 0 Å². The summed E-state index contributed by atoms with van der Waals surface area (Å²) in [5.74, 6) is 0. The molecule has 0 aliphatic heterocycles. The van der Waals surface area contributed by atoms with E-state index in [0.29, 0.717) is 0 Å². The van der Waals surface area contributed by atoms with Gasteiger partial charge < -0.3 is 9.90 Å². The second-order valence-corrected chi connectivity index (χ2v) is 2.39. The van der Waals surface area contributed by atoms with Crippen molar-refractivity contribution >= 4 is 6.29 Å². The second-order valence-electron chi connectivity index (χ2n) is 2.39. The Morgan fingerprint density at radius 1 is 1.00 bits per heavy atom. The van der Waals surface area contributed by atoms with Gasteiger partial charge in [0.05, 0.1) is 0 Å². The molecule has 0 amide bonds. The maximum atomic E-state index is 8.81. The zero-order chi connectivity index (χ0) is 10.7. The zero-order valence-electron chi connectivity index (χ0n) is 8.74. The highest BCUT2D eigenvalue weighted by Crippen LogP contribution is 1.99. The molecule has 1 aromatic carbocycles. The van der Waals surface area contributed by atoms with E-state index in [9.17, 15) is 0 Å². The van der Waals surface area contributed by atoms with Crippen LogP contribution in [0.3, 0.4) is 0 Å². The van der Waals surface area contributed by atoms with Crippen molar-refractivity contribution in [3.63, 3.8) is 0 Å². The third-order valence-electron chi connectivity index (χ3n) is 1.22. The van der Waals surface area contributed by atoms with Crippen LogP contribution in [0.25, 0.3) is 0 Å². The minimum Gasteiger partial charge on any atom is -0.400 e. The summed E-state index contributed by atoms with van der Waals surface area (Å²) >= 11 is 0. The average Bonchev–Trinajstić information content (AvgIpc) is 2.15. The zero-order valence-corrected chi connectivity index (χ0v) is 8.74. The van der Waals surface area contributed by atoms with Gasteiger partial charge >= 0.3 is 0 Å². The number of hydrogen-bond acceptors (Lipinski definition) is 2. The summed E-state index contributed by atoms with van der Waals surface area (Å²) < 4.78 is 0. The van der Waals surface area contributed by atoms with Gasteiger partial charge in [-0.25, -0.2) is 0 Å². The molecule has 0 bridgehead atoms. The maximum Gasteiger partial charge on any atom is 0.116 e. The van der Waals surface area contributed by atoms with E-state index in [4.69, 9.17) is 9.90 Å². The molecule has 2 heteroatoms. The average molecular weight is 182 g/mol. The quantitative estimate of drug-likeness (QED) is 0.624. The van der Waals surface area contributed by atoms with Gasteiger partial charge in [0, 0.05) is 7.11 Å². The number of aldehydes is 1. The van der Waals surface area contributed by atoms with E-state index in [2.05, 4.69) is 38.1 Å². The Hall–Kier alpha value is -1.15. The van der Waals surface area contributed by atoms with Crippen LogP contribution in [-0.2, 0) is 4.79 Å². The fraction of sp³-hybridized carbons (Fsp3) is 0.364. The lowest BCUT2D eigenvalue weighted by atomic mass is 10.2. The molecule has 2 nitrogen and oxygen atoms in total. The van der Waals surface area contributed by atoms with Crippen molar-refractivity contribution in [1.29, 1.82) is 0 Å². The van der Waals surface area contributed by atoms with Crippen LogP contribution in [-0.4, -0.2) is 18.5 Å². The van der Waals surface area contributed by atoms with Crippen LogP contribution < -0.4 is 0 Å². The molecule has 0 heterocycles. The number of aliphatic hydroxyl groups is 1. The molecule has 1 rings (SSSR count). The Bertz CT molecular complexity index is 181.